The van der Waals surface area contributed by atoms with Crippen molar-refractivity contribution in [2.24, 2.45) is 0 Å². The Kier molecular flexibility index (Phi) is 3.29. The monoisotopic (exact) mass is 206 g/mol. The third-order valence-corrected chi connectivity index (χ3v) is 7.10. The van der Waals surface area contributed by atoms with E-state index in [0.29, 0.717) is 0 Å². The molecule has 0 aromatic carbocycles. The van der Waals surface area contributed by atoms with E-state index in [1.54, 1.807) is 10.4 Å². The first-order valence-electron chi connectivity index (χ1n) is 4.93. The predicted molar refractivity (Wildman–Crippen MR) is 64.8 cm³/mol. The lowest BCUT2D eigenvalue weighted by molar-refractivity contribution is 0.824. The molecule has 0 heterocycles. The second-order valence-corrected chi connectivity index (χ2v) is 8.81. The van der Waals surface area contributed by atoms with Gasteiger partial charge in [0.05, 0.1) is 0 Å². The Balaban J connectivity index is 0.000000980. The van der Waals surface area contributed by atoms with Gasteiger partial charge in [0.1, 0.15) is 8.07 Å². The molecule has 0 aromatic heterocycles. The van der Waals surface area contributed by atoms with Crippen LogP contribution in [0.5, 0.6) is 0 Å². The van der Waals surface area contributed by atoms with Gasteiger partial charge in [-0.2, -0.15) is 0 Å². The summed E-state index contributed by atoms with van der Waals surface area (Å²) in [6.07, 6.45) is 16.0. The summed E-state index contributed by atoms with van der Waals surface area (Å²) >= 11 is 0. The topological polar surface area (TPSA) is 31.5 Å². The first kappa shape index (κ1) is 11.2. The van der Waals surface area contributed by atoms with E-state index in [0.717, 1.165) is 0 Å². The Bertz CT molecular complexity index is 300. The molecule has 0 radical (unpaired) electrons. The summed E-state index contributed by atoms with van der Waals surface area (Å²) in [6.45, 7) is 4.93. The lowest BCUT2D eigenvalue weighted by atomic mass is 10.5. The van der Waals surface area contributed by atoms with E-state index in [2.05, 4.69) is 49.6 Å². The molecule has 2 aliphatic rings. The fraction of sp³-hybridized carbons (Fsp3) is 0.333. The maximum atomic E-state index is 2.46. The van der Waals surface area contributed by atoms with Crippen LogP contribution in [0.2, 0.25) is 13.1 Å². The molecular formula is C12H18OSi. The molecule has 0 aliphatic heterocycles. The Labute approximate surface area is 86.8 Å². The highest BCUT2D eigenvalue weighted by Gasteiger charge is 2.30. The molecular weight excluding hydrogens is 188 g/mol. The maximum absolute atomic E-state index is 2.46. The van der Waals surface area contributed by atoms with E-state index in [4.69, 9.17) is 0 Å². The van der Waals surface area contributed by atoms with Gasteiger partial charge < -0.3 is 5.48 Å². The number of hydrogen-bond acceptors (Lipinski definition) is 0. The molecule has 0 amide bonds. The molecule has 0 bridgehead atoms. The molecule has 0 aromatic rings. The molecule has 0 fully saturated rings. The second kappa shape index (κ2) is 4.11. The number of rotatable bonds is 2. The first-order chi connectivity index (χ1) is 6.21. The Morgan fingerprint density at radius 2 is 1.36 bits per heavy atom. The van der Waals surface area contributed by atoms with Crippen LogP contribution in [0.1, 0.15) is 12.8 Å². The van der Waals surface area contributed by atoms with E-state index in [1.165, 1.54) is 12.8 Å². The Morgan fingerprint density at radius 3 is 1.64 bits per heavy atom. The average molecular weight is 206 g/mol. The van der Waals surface area contributed by atoms with Crippen LogP contribution in [-0.2, 0) is 0 Å². The highest BCUT2D eigenvalue weighted by Crippen LogP contribution is 2.32. The summed E-state index contributed by atoms with van der Waals surface area (Å²) in [4.78, 5) is 0. The minimum atomic E-state index is -1.24. The van der Waals surface area contributed by atoms with Crippen LogP contribution in [0.25, 0.3) is 0 Å². The Morgan fingerprint density at radius 1 is 0.929 bits per heavy atom. The molecule has 2 N–H and O–H groups in total. The first-order valence-corrected chi connectivity index (χ1v) is 7.93. The summed E-state index contributed by atoms with van der Waals surface area (Å²) in [5.41, 5.74) is 0. The van der Waals surface area contributed by atoms with E-state index in [1.807, 2.05) is 0 Å². The van der Waals surface area contributed by atoms with Crippen LogP contribution >= 0.6 is 0 Å². The molecule has 14 heavy (non-hydrogen) atoms. The van der Waals surface area contributed by atoms with Gasteiger partial charge in [0.15, 0.2) is 0 Å². The van der Waals surface area contributed by atoms with Crippen molar-refractivity contribution in [2.45, 2.75) is 25.9 Å². The van der Waals surface area contributed by atoms with Gasteiger partial charge in [-0.3, -0.25) is 0 Å². The van der Waals surface area contributed by atoms with Crippen molar-refractivity contribution >= 4 is 8.07 Å². The highest BCUT2D eigenvalue weighted by atomic mass is 28.3. The molecule has 1 nitrogen and oxygen atoms in total. The fourth-order valence-electron chi connectivity index (χ4n) is 2.03. The van der Waals surface area contributed by atoms with Gasteiger partial charge in [0, 0.05) is 0 Å². The lowest BCUT2D eigenvalue weighted by Crippen LogP contribution is -2.31. The molecule has 2 aliphatic carbocycles. The summed E-state index contributed by atoms with van der Waals surface area (Å²) in [7, 11) is -1.24. The minimum absolute atomic E-state index is 0. The second-order valence-electron chi connectivity index (χ2n) is 4.27. The highest BCUT2D eigenvalue weighted by molar-refractivity contribution is 6.90. The minimum Gasteiger partial charge on any atom is -0.412 e. The van der Waals surface area contributed by atoms with Crippen LogP contribution in [0, 0.1) is 0 Å². The summed E-state index contributed by atoms with van der Waals surface area (Å²) in [6, 6.07) is 0. The van der Waals surface area contributed by atoms with Crippen molar-refractivity contribution in [3.8, 4) is 0 Å². The van der Waals surface area contributed by atoms with Crippen LogP contribution in [-0.4, -0.2) is 13.6 Å². The smallest absolute Gasteiger partial charge is 0.103 e. The van der Waals surface area contributed by atoms with Gasteiger partial charge in [-0.1, -0.05) is 59.9 Å². The van der Waals surface area contributed by atoms with E-state index >= 15 is 0 Å². The van der Waals surface area contributed by atoms with Gasteiger partial charge in [0.2, 0.25) is 0 Å². The molecule has 0 saturated heterocycles. The fourth-order valence-corrected chi connectivity index (χ4v) is 4.72. The molecule has 0 saturated carbocycles. The van der Waals surface area contributed by atoms with Crippen molar-refractivity contribution in [3.63, 3.8) is 0 Å². The van der Waals surface area contributed by atoms with Crippen molar-refractivity contribution < 1.29 is 5.48 Å². The van der Waals surface area contributed by atoms with E-state index in [-0.39, 0.29) is 5.48 Å². The molecule has 0 spiro atoms. The van der Waals surface area contributed by atoms with Gasteiger partial charge in [0.25, 0.3) is 0 Å². The summed E-state index contributed by atoms with van der Waals surface area (Å²) in [5, 5.41) is 3.37. The van der Waals surface area contributed by atoms with Gasteiger partial charge in [-0.25, -0.2) is 0 Å². The Hall–Kier alpha value is -0.863. The van der Waals surface area contributed by atoms with Crippen LogP contribution in [0.15, 0.2) is 46.8 Å². The standard InChI is InChI=1S/C12H16Si.H2O/c1-13(2,11-7-3-4-8-11)12-9-5-6-10-12;/h3-7,9H,8,10H2,1-2H3;1H2. The normalized spacial score (nSPS) is 19.3. The summed E-state index contributed by atoms with van der Waals surface area (Å²) in [5.74, 6) is 0. The van der Waals surface area contributed by atoms with Crippen LogP contribution in [0.3, 0.4) is 0 Å². The number of allylic oxidation sites excluding steroid dienone is 8. The van der Waals surface area contributed by atoms with E-state index in [9.17, 15) is 0 Å². The van der Waals surface area contributed by atoms with E-state index < -0.39 is 8.07 Å². The van der Waals surface area contributed by atoms with Crippen molar-refractivity contribution in [1.82, 2.24) is 0 Å². The quantitative estimate of drug-likeness (QED) is 0.622. The molecule has 2 rings (SSSR count). The molecule has 0 atom stereocenters. The summed E-state index contributed by atoms with van der Waals surface area (Å²) < 4.78 is 0. The largest absolute Gasteiger partial charge is 0.412 e. The predicted octanol–water partition coefficient (Wildman–Crippen LogP) is 2.72. The van der Waals surface area contributed by atoms with Crippen molar-refractivity contribution in [2.75, 3.05) is 0 Å². The molecule has 2 heteroatoms. The van der Waals surface area contributed by atoms with Crippen LogP contribution in [0.4, 0.5) is 0 Å². The van der Waals surface area contributed by atoms with Crippen LogP contribution < -0.4 is 0 Å². The molecule has 76 valence electrons. The molecule has 0 unspecified atom stereocenters. The third kappa shape index (κ3) is 1.81. The van der Waals surface area contributed by atoms with Crippen molar-refractivity contribution in [1.29, 1.82) is 0 Å². The van der Waals surface area contributed by atoms with Gasteiger partial charge in [-0.05, 0) is 12.8 Å². The number of hydrogen-bond donors (Lipinski definition) is 0. The lowest BCUT2D eigenvalue weighted by Gasteiger charge is -2.26. The van der Waals surface area contributed by atoms with Crippen molar-refractivity contribution in [3.05, 3.63) is 46.8 Å². The maximum Gasteiger partial charge on any atom is 0.103 e. The zero-order valence-corrected chi connectivity index (χ0v) is 9.88. The van der Waals surface area contributed by atoms with Gasteiger partial charge >= 0.3 is 0 Å². The zero-order valence-electron chi connectivity index (χ0n) is 8.88. The average Bonchev–Trinajstić information content (AvgIpc) is 2.78. The third-order valence-electron chi connectivity index (χ3n) is 3.15. The SMILES string of the molecule is C[Si](C)(C1=CC=CC1)C1=CC=CC1.O. The van der Waals surface area contributed by atoms with Gasteiger partial charge in [-0.15, -0.1) is 0 Å². The zero-order chi connectivity index (χ0) is 9.31.